The number of rotatable bonds is 0. The van der Waals surface area contributed by atoms with E-state index in [-0.39, 0.29) is 5.91 Å². The van der Waals surface area contributed by atoms with Crippen molar-refractivity contribution in [2.75, 3.05) is 18.1 Å². The van der Waals surface area contributed by atoms with Crippen molar-refractivity contribution in [3.63, 3.8) is 0 Å². The van der Waals surface area contributed by atoms with Gasteiger partial charge in [0.2, 0.25) is 0 Å². The van der Waals surface area contributed by atoms with Crippen LogP contribution in [0.2, 0.25) is 0 Å². The van der Waals surface area contributed by atoms with Gasteiger partial charge >= 0.3 is 0 Å². The Balaban J connectivity index is 1.69. The second kappa shape index (κ2) is 4.45. The van der Waals surface area contributed by atoms with Crippen LogP contribution in [0, 0.1) is 0 Å². The highest BCUT2D eigenvalue weighted by molar-refractivity contribution is 8.18. The fraction of sp³-hybridized carbons (Fsp3) is 0.533. The van der Waals surface area contributed by atoms with E-state index >= 15 is 0 Å². The maximum Gasteiger partial charge on any atom is 0.254 e. The summed E-state index contributed by atoms with van der Waals surface area (Å²) in [6.07, 6.45) is 3.62. The van der Waals surface area contributed by atoms with Crippen LogP contribution in [0.5, 0.6) is 0 Å². The molecule has 2 saturated heterocycles. The van der Waals surface area contributed by atoms with Crippen molar-refractivity contribution in [1.82, 2.24) is 4.90 Å². The van der Waals surface area contributed by atoms with Crippen molar-refractivity contribution in [1.29, 1.82) is 0 Å². The number of thioether (sulfide) groups is 2. The Kier molecular flexibility index (Phi) is 2.85. The molecule has 1 amide bonds. The summed E-state index contributed by atoms with van der Waals surface area (Å²) < 4.78 is 0.372. The zero-order valence-corrected chi connectivity index (χ0v) is 12.4. The van der Waals surface area contributed by atoms with Crippen LogP contribution in [0.1, 0.15) is 41.2 Å². The first-order valence-electron chi connectivity index (χ1n) is 6.97. The predicted molar refractivity (Wildman–Crippen MR) is 81.7 cm³/mol. The molecule has 3 aliphatic heterocycles. The number of fused-ring (bicyclic) bond motifs is 3. The molecule has 100 valence electrons. The van der Waals surface area contributed by atoms with Crippen molar-refractivity contribution in [3.05, 3.63) is 35.4 Å². The molecule has 1 spiro atoms. The van der Waals surface area contributed by atoms with Crippen LogP contribution in [0.15, 0.2) is 24.3 Å². The number of hydrogen-bond donors (Lipinski definition) is 0. The van der Waals surface area contributed by atoms with Gasteiger partial charge in [0.25, 0.3) is 5.91 Å². The van der Waals surface area contributed by atoms with Gasteiger partial charge in [-0.05, 0) is 42.4 Å². The average Bonchev–Trinajstić information content (AvgIpc) is 2.73. The topological polar surface area (TPSA) is 20.3 Å². The van der Waals surface area contributed by atoms with E-state index in [1.807, 2.05) is 12.1 Å². The van der Waals surface area contributed by atoms with E-state index in [0.29, 0.717) is 10.1 Å². The second-order valence-electron chi connectivity index (χ2n) is 5.52. The third-order valence-electron chi connectivity index (χ3n) is 4.44. The number of piperidine rings is 1. The average molecular weight is 291 g/mol. The Hall–Kier alpha value is -0.610. The van der Waals surface area contributed by atoms with Gasteiger partial charge in [-0.25, -0.2) is 0 Å². The van der Waals surface area contributed by atoms with Crippen LogP contribution < -0.4 is 0 Å². The van der Waals surface area contributed by atoms with Gasteiger partial charge in [-0.3, -0.25) is 4.79 Å². The van der Waals surface area contributed by atoms with Gasteiger partial charge in [0.15, 0.2) is 0 Å². The van der Waals surface area contributed by atoms with Gasteiger partial charge < -0.3 is 4.90 Å². The molecule has 2 nitrogen and oxygen atoms in total. The summed E-state index contributed by atoms with van der Waals surface area (Å²) in [5.74, 6) is 2.83. The quantitative estimate of drug-likeness (QED) is 0.729. The molecule has 1 atom stereocenters. The van der Waals surface area contributed by atoms with Crippen LogP contribution in [-0.2, 0) is 0 Å². The highest BCUT2D eigenvalue weighted by Crippen LogP contribution is 2.55. The predicted octanol–water partition coefficient (Wildman–Crippen LogP) is 3.54. The molecule has 1 aromatic rings. The van der Waals surface area contributed by atoms with Crippen molar-refractivity contribution >= 4 is 29.4 Å². The molecule has 0 N–H and O–H groups in total. The molecule has 2 fully saturated rings. The van der Waals surface area contributed by atoms with Crippen molar-refractivity contribution < 1.29 is 4.79 Å². The van der Waals surface area contributed by atoms with Crippen LogP contribution in [0.3, 0.4) is 0 Å². The maximum absolute atomic E-state index is 12.4. The zero-order valence-electron chi connectivity index (χ0n) is 10.8. The number of nitrogens with zero attached hydrogens (tertiary/aromatic N) is 1. The first-order valence-corrected chi connectivity index (χ1v) is 8.94. The van der Waals surface area contributed by atoms with Crippen LogP contribution in [0.4, 0.5) is 0 Å². The normalized spacial score (nSPS) is 28.3. The molecule has 3 heterocycles. The molecule has 3 aliphatic rings. The molecule has 0 aromatic heterocycles. The zero-order chi connectivity index (χ0) is 12.9. The van der Waals surface area contributed by atoms with E-state index in [2.05, 4.69) is 40.6 Å². The molecule has 0 aliphatic carbocycles. The van der Waals surface area contributed by atoms with E-state index < -0.39 is 0 Å². The third-order valence-corrected chi connectivity index (χ3v) is 7.93. The number of carbonyl (C=O) groups excluding carboxylic acids is 1. The van der Waals surface area contributed by atoms with Crippen molar-refractivity contribution in [3.8, 4) is 0 Å². The Morgan fingerprint density at radius 2 is 2.00 bits per heavy atom. The molecule has 0 unspecified atom stereocenters. The van der Waals surface area contributed by atoms with Crippen molar-refractivity contribution in [2.45, 2.75) is 29.4 Å². The lowest BCUT2D eigenvalue weighted by Gasteiger charge is -2.45. The fourth-order valence-corrected chi connectivity index (χ4v) is 6.85. The van der Waals surface area contributed by atoms with E-state index in [4.69, 9.17) is 0 Å². The highest BCUT2D eigenvalue weighted by Gasteiger charge is 2.47. The first kappa shape index (κ1) is 12.2. The van der Waals surface area contributed by atoms with Gasteiger partial charge in [-0.15, -0.1) is 23.5 Å². The minimum Gasteiger partial charge on any atom is -0.331 e. The lowest BCUT2D eigenvalue weighted by atomic mass is 9.96. The molecule has 0 bridgehead atoms. The number of carbonyl (C=O) groups is 1. The van der Waals surface area contributed by atoms with Gasteiger partial charge in [-0.1, -0.05) is 18.2 Å². The largest absolute Gasteiger partial charge is 0.331 e. The number of hydrogen-bond acceptors (Lipinski definition) is 3. The van der Waals surface area contributed by atoms with Gasteiger partial charge in [0.1, 0.15) is 0 Å². The molecular formula is C15H17NOS2. The fourth-order valence-electron chi connectivity index (χ4n) is 3.49. The number of benzene rings is 1. The minimum atomic E-state index is 0.251. The molecule has 4 rings (SSSR count). The first-order chi connectivity index (χ1) is 9.29. The highest BCUT2D eigenvalue weighted by atomic mass is 32.2. The smallest absolute Gasteiger partial charge is 0.254 e. The van der Waals surface area contributed by atoms with Crippen LogP contribution in [-0.4, -0.2) is 32.9 Å². The van der Waals surface area contributed by atoms with Gasteiger partial charge in [-0.2, -0.15) is 0 Å². The van der Waals surface area contributed by atoms with E-state index in [0.717, 1.165) is 24.9 Å². The van der Waals surface area contributed by atoms with E-state index in [1.54, 1.807) is 0 Å². The summed E-state index contributed by atoms with van der Waals surface area (Å²) in [6.45, 7) is 0.929. The molecule has 19 heavy (non-hydrogen) atoms. The molecule has 0 saturated carbocycles. The lowest BCUT2D eigenvalue weighted by Crippen LogP contribution is -2.43. The molecule has 0 radical (unpaired) electrons. The summed E-state index contributed by atoms with van der Waals surface area (Å²) in [4.78, 5) is 14.5. The maximum atomic E-state index is 12.4. The Labute approximate surface area is 122 Å². The van der Waals surface area contributed by atoms with Gasteiger partial charge in [0.05, 0.1) is 10.1 Å². The molecule has 4 heteroatoms. The minimum absolute atomic E-state index is 0.251. The Morgan fingerprint density at radius 1 is 1.21 bits per heavy atom. The van der Waals surface area contributed by atoms with E-state index in [1.165, 1.54) is 23.5 Å². The van der Waals surface area contributed by atoms with Gasteiger partial charge in [0, 0.05) is 12.1 Å². The summed E-state index contributed by atoms with van der Waals surface area (Å²) in [6, 6.07) is 8.52. The second-order valence-corrected chi connectivity index (χ2v) is 8.73. The lowest BCUT2D eigenvalue weighted by molar-refractivity contribution is 0.0668. The van der Waals surface area contributed by atoms with Crippen molar-refractivity contribution in [2.24, 2.45) is 0 Å². The molecular weight excluding hydrogens is 274 g/mol. The summed E-state index contributed by atoms with van der Waals surface area (Å²) in [5, 5.41) is 0. The molecule has 1 aromatic carbocycles. The van der Waals surface area contributed by atoms with E-state index in [9.17, 15) is 4.79 Å². The monoisotopic (exact) mass is 291 g/mol. The third kappa shape index (κ3) is 1.83. The summed E-state index contributed by atoms with van der Waals surface area (Å²) >= 11 is 4.27. The SMILES string of the molecule is O=C1c2ccccc2[C@H]2CC3(CCN12)SCCCS3. The van der Waals surface area contributed by atoms with Crippen LogP contribution in [0.25, 0.3) is 0 Å². The standard InChI is InChI=1S/C15H17NOS2/c17-14-12-5-2-1-4-11(12)13-10-15(6-7-16(13)14)18-8-3-9-19-15/h1-2,4-5,13H,3,6-10H2/t13-/m1/s1. The summed E-state index contributed by atoms with van der Waals surface area (Å²) in [5.41, 5.74) is 2.20. The summed E-state index contributed by atoms with van der Waals surface area (Å²) in [7, 11) is 0. The number of amides is 1. The Bertz CT molecular complexity index is 525. The Morgan fingerprint density at radius 3 is 2.84 bits per heavy atom. The van der Waals surface area contributed by atoms with Crippen LogP contribution >= 0.6 is 23.5 Å².